The zero-order chi connectivity index (χ0) is 23.1. The molecular formula is C25H30N6O2. The number of aromatic nitrogens is 2. The average Bonchev–Trinajstić information content (AvgIpc) is 3.53. The Kier molecular flexibility index (Phi) is 5.54. The number of urea groups is 1. The van der Waals surface area contributed by atoms with Crippen LogP contribution in [0.25, 0.3) is 11.0 Å². The zero-order valence-corrected chi connectivity index (χ0v) is 19.0. The SMILES string of the molecule is CC(C)CC(O)N=C(N)c1ccc2nc(CN3C(=O)N(C4CC4)Cc4ccccc43)[nH]c2c1. The summed E-state index contributed by atoms with van der Waals surface area (Å²) in [5.74, 6) is 1.33. The Morgan fingerprint density at radius 2 is 2.06 bits per heavy atom. The highest BCUT2D eigenvalue weighted by atomic mass is 16.3. The average molecular weight is 447 g/mol. The standard InChI is InChI=1S/C25H30N6O2/c1-15(2)11-23(32)29-24(26)16-7-10-19-20(12-16)28-22(27-19)14-31-21-6-4-3-5-17(21)13-30(25(31)33)18-8-9-18/h3-7,10,12,15,18,23,32H,8-9,11,13-14H2,1-2H3,(H2,26,29)(H,27,28). The monoisotopic (exact) mass is 446 g/mol. The third-order valence-corrected chi connectivity index (χ3v) is 6.19. The lowest BCUT2D eigenvalue weighted by molar-refractivity contribution is 0.158. The number of aliphatic hydroxyl groups is 1. The maximum atomic E-state index is 13.3. The van der Waals surface area contributed by atoms with Crippen LogP contribution in [0.3, 0.4) is 0 Å². The van der Waals surface area contributed by atoms with E-state index >= 15 is 0 Å². The first-order chi connectivity index (χ1) is 15.9. The summed E-state index contributed by atoms with van der Waals surface area (Å²) in [5, 5.41) is 10.1. The largest absolute Gasteiger partial charge is 0.383 e. The number of aliphatic hydroxyl groups excluding tert-OH is 1. The smallest absolute Gasteiger partial charge is 0.325 e. The van der Waals surface area contributed by atoms with E-state index < -0.39 is 6.23 Å². The van der Waals surface area contributed by atoms with Crippen molar-refractivity contribution in [3.8, 4) is 0 Å². The Balaban J connectivity index is 1.40. The Labute approximate surface area is 193 Å². The molecule has 8 heteroatoms. The number of hydrogen-bond donors (Lipinski definition) is 3. The number of carbonyl (C=O) groups excluding carboxylic acids is 1. The fourth-order valence-corrected chi connectivity index (χ4v) is 4.40. The van der Waals surface area contributed by atoms with Crippen molar-refractivity contribution < 1.29 is 9.90 Å². The molecule has 2 aliphatic rings. The van der Waals surface area contributed by atoms with Crippen molar-refractivity contribution in [2.75, 3.05) is 4.90 Å². The number of rotatable bonds is 7. The molecule has 2 aromatic carbocycles. The van der Waals surface area contributed by atoms with Crippen LogP contribution in [0.4, 0.5) is 10.5 Å². The number of carbonyl (C=O) groups is 1. The van der Waals surface area contributed by atoms with Gasteiger partial charge in [0.2, 0.25) is 0 Å². The molecule has 1 atom stereocenters. The lowest BCUT2D eigenvalue weighted by Gasteiger charge is -2.37. The fourth-order valence-electron chi connectivity index (χ4n) is 4.40. The number of amidine groups is 1. The molecule has 33 heavy (non-hydrogen) atoms. The molecule has 2 heterocycles. The van der Waals surface area contributed by atoms with Gasteiger partial charge in [-0.3, -0.25) is 4.90 Å². The van der Waals surface area contributed by atoms with Crippen LogP contribution in [-0.4, -0.2) is 44.1 Å². The lowest BCUT2D eigenvalue weighted by Crippen LogP contribution is -2.47. The van der Waals surface area contributed by atoms with E-state index in [0.717, 1.165) is 40.7 Å². The van der Waals surface area contributed by atoms with Crippen LogP contribution in [0.5, 0.6) is 0 Å². The number of aromatic amines is 1. The highest BCUT2D eigenvalue weighted by molar-refractivity contribution is 6.00. The first kappa shape index (κ1) is 21.5. The zero-order valence-electron chi connectivity index (χ0n) is 19.0. The van der Waals surface area contributed by atoms with Gasteiger partial charge in [0.25, 0.3) is 0 Å². The molecule has 0 bridgehead atoms. The molecule has 1 aliphatic carbocycles. The van der Waals surface area contributed by atoms with Crippen molar-refractivity contribution in [1.82, 2.24) is 14.9 Å². The Morgan fingerprint density at radius 1 is 1.27 bits per heavy atom. The Bertz CT molecular complexity index is 1210. The van der Waals surface area contributed by atoms with Crippen LogP contribution in [0, 0.1) is 5.92 Å². The van der Waals surface area contributed by atoms with Crippen molar-refractivity contribution in [2.45, 2.75) is 58.5 Å². The van der Waals surface area contributed by atoms with Crippen LogP contribution in [0.1, 0.15) is 50.1 Å². The number of para-hydroxylation sites is 1. The summed E-state index contributed by atoms with van der Waals surface area (Å²) >= 11 is 0. The van der Waals surface area contributed by atoms with E-state index in [2.05, 4.69) is 16.0 Å². The second-order valence-corrected chi connectivity index (χ2v) is 9.40. The van der Waals surface area contributed by atoms with Crippen LogP contribution in [0.2, 0.25) is 0 Å². The number of amides is 2. The molecule has 172 valence electrons. The summed E-state index contributed by atoms with van der Waals surface area (Å²) in [6.07, 6.45) is 1.88. The van der Waals surface area contributed by atoms with Gasteiger partial charge in [0.1, 0.15) is 17.9 Å². The van der Waals surface area contributed by atoms with Gasteiger partial charge in [-0.25, -0.2) is 14.8 Å². The van der Waals surface area contributed by atoms with Gasteiger partial charge < -0.3 is 20.7 Å². The number of imidazole rings is 1. The fraction of sp³-hybridized carbons (Fsp3) is 0.400. The van der Waals surface area contributed by atoms with Crippen molar-refractivity contribution in [3.63, 3.8) is 0 Å². The molecule has 1 unspecified atom stereocenters. The summed E-state index contributed by atoms with van der Waals surface area (Å²) in [7, 11) is 0. The van der Waals surface area contributed by atoms with E-state index in [1.165, 1.54) is 0 Å². The number of H-pyrrole nitrogens is 1. The molecule has 1 fully saturated rings. The Morgan fingerprint density at radius 3 is 2.82 bits per heavy atom. The number of nitrogens with two attached hydrogens (primary N) is 1. The molecule has 3 aromatic rings. The van der Waals surface area contributed by atoms with E-state index in [1.807, 2.05) is 60.0 Å². The normalized spacial score (nSPS) is 17.7. The third-order valence-electron chi connectivity index (χ3n) is 6.19. The van der Waals surface area contributed by atoms with Gasteiger partial charge in [0.05, 0.1) is 23.3 Å². The summed E-state index contributed by atoms with van der Waals surface area (Å²) in [5.41, 5.74) is 10.6. The summed E-state index contributed by atoms with van der Waals surface area (Å²) in [6, 6.07) is 14.1. The molecular weight excluding hydrogens is 416 g/mol. The van der Waals surface area contributed by atoms with Crippen molar-refractivity contribution in [2.24, 2.45) is 16.6 Å². The summed E-state index contributed by atoms with van der Waals surface area (Å²) in [4.78, 5) is 29.3. The van der Waals surface area contributed by atoms with Crippen LogP contribution in [0.15, 0.2) is 47.5 Å². The van der Waals surface area contributed by atoms with E-state index in [1.54, 1.807) is 0 Å². The van der Waals surface area contributed by atoms with E-state index in [4.69, 9.17) is 10.7 Å². The number of nitrogens with one attached hydrogen (secondary N) is 1. The number of benzene rings is 2. The van der Waals surface area contributed by atoms with Gasteiger partial charge in [-0.15, -0.1) is 0 Å². The number of nitrogens with zero attached hydrogens (tertiary/aromatic N) is 4. The van der Waals surface area contributed by atoms with E-state index in [-0.39, 0.29) is 6.03 Å². The minimum absolute atomic E-state index is 0.0351. The molecule has 4 N–H and O–H groups in total. The van der Waals surface area contributed by atoms with Crippen molar-refractivity contribution in [3.05, 3.63) is 59.4 Å². The third kappa shape index (κ3) is 4.43. The van der Waals surface area contributed by atoms with Gasteiger partial charge >= 0.3 is 6.03 Å². The molecule has 0 radical (unpaired) electrons. The minimum atomic E-state index is -0.822. The molecule has 2 amide bonds. The van der Waals surface area contributed by atoms with Crippen LogP contribution in [-0.2, 0) is 13.1 Å². The maximum Gasteiger partial charge on any atom is 0.325 e. The second-order valence-electron chi connectivity index (χ2n) is 9.40. The molecule has 1 aliphatic heterocycles. The van der Waals surface area contributed by atoms with E-state index in [0.29, 0.717) is 43.1 Å². The number of aliphatic imine (C=N–C) groups is 1. The molecule has 5 rings (SSSR count). The predicted octanol–water partition coefficient (Wildman–Crippen LogP) is 3.74. The number of hydrogen-bond acceptors (Lipinski definition) is 4. The molecule has 0 spiro atoms. The molecule has 1 aromatic heterocycles. The van der Waals surface area contributed by atoms with Gasteiger partial charge in [-0.05, 0) is 55.0 Å². The first-order valence-electron chi connectivity index (χ1n) is 11.6. The number of fused-ring (bicyclic) bond motifs is 2. The molecule has 8 nitrogen and oxygen atoms in total. The van der Waals surface area contributed by atoms with Crippen LogP contribution < -0.4 is 10.6 Å². The van der Waals surface area contributed by atoms with Crippen LogP contribution >= 0.6 is 0 Å². The highest BCUT2D eigenvalue weighted by Gasteiger charge is 2.39. The highest BCUT2D eigenvalue weighted by Crippen LogP contribution is 2.36. The topological polar surface area (TPSA) is 111 Å². The minimum Gasteiger partial charge on any atom is -0.383 e. The first-order valence-corrected chi connectivity index (χ1v) is 11.6. The van der Waals surface area contributed by atoms with E-state index in [9.17, 15) is 9.90 Å². The van der Waals surface area contributed by atoms with Gasteiger partial charge in [-0.1, -0.05) is 32.0 Å². The van der Waals surface area contributed by atoms with Gasteiger partial charge in [0, 0.05) is 18.2 Å². The quantitative estimate of drug-likeness (QED) is 0.379. The van der Waals surface area contributed by atoms with Crippen molar-refractivity contribution >= 4 is 28.6 Å². The Hall–Kier alpha value is -3.39. The summed E-state index contributed by atoms with van der Waals surface area (Å²) in [6.45, 7) is 5.09. The van der Waals surface area contributed by atoms with Crippen molar-refractivity contribution in [1.29, 1.82) is 0 Å². The molecule has 1 saturated carbocycles. The van der Waals surface area contributed by atoms with Gasteiger partial charge in [-0.2, -0.15) is 0 Å². The summed E-state index contributed by atoms with van der Waals surface area (Å²) < 4.78 is 0. The van der Waals surface area contributed by atoms with Gasteiger partial charge in [0.15, 0.2) is 0 Å². The second kappa shape index (κ2) is 8.51. The molecule has 0 saturated heterocycles. The lowest BCUT2D eigenvalue weighted by atomic mass is 10.1. The predicted molar refractivity (Wildman–Crippen MR) is 129 cm³/mol. The maximum absolute atomic E-state index is 13.3. The number of anilines is 1.